The molecule has 0 spiro atoms. The highest BCUT2D eigenvalue weighted by molar-refractivity contribution is 5.76. The molecule has 4 nitrogen and oxygen atoms in total. The van der Waals surface area contributed by atoms with Crippen molar-refractivity contribution in [1.29, 1.82) is 0 Å². The van der Waals surface area contributed by atoms with Gasteiger partial charge in [0.05, 0.1) is 6.61 Å². The molecule has 1 rings (SSSR count). The predicted molar refractivity (Wildman–Crippen MR) is 82.7 cm³/mol. The van der Waals surface area contributed by atoms with Crippen molar-refractivity contribution >= 4 is 5.97 Å². The summed E-state index contributed by atoms with van der Waals surface area (Å²) in [5.74, 6) is 1.49. The third-order valence-electron chi connectivity index (χ3n) is 4.12. The first kappa shape index (κ1) is 17.4. The topological polar surface area (TPSA) is 41.6 Å². The third kappa shape index (κ3) is 5.80. The molecule has 0 bridgehead atoms. The SMILES string of the molecule is CCOC(=O)C(CN1CCC(C(C)C)CC1)NC(C)C. The molecular formula is C16H32N2O2. The fourth-order valence-corrected chi connectivity index (χ4v) is 2.90. The molecule has 0 saturated carbocycles. The second-order valence-electron chi connectivity index (χ2n) is 6.51. The molecule has 1 aliphatic heterocycles. The minimum absolute atomic E-state index is 0.118. The van der Waals surface area contributed by atoms with Gasteiger partial charge in [-0.25, -0.2) is 0 Å². The lowest BCUT2D eigenvalue weighted by Gasteiger charge is -2.35. The first-order chi connectivity index (χ1) is 9.43. The molecule has 0 aromatic carbocycles. The van der Waals surface area contributed by atoms with Crippen molar-refractivity contribution in [3.05, 3.63) is 0 Å². The molecule has 1 fully saturated rings. The van der Waals surface area contributed by atoms with Crippen molar-refractivity contribution in [1.82, 2.24) is 10.2 Å². The number of nitrogens with one attached hydrogen (secondary N) is 1. The smallest absolute Gasteiger partial charge is 0.324 e. The molecule has 118 valence electrons. The Labute approximate surface area is 124 Å². The number of likely N-dealkylation sites (tertiary alicyclic amines) is 1. The van der Waals surface area contributed by atoms with Gasteiger partial charge in [-0.1, -0.05) is 27.7 Å². The number of carbonyl (C=O) groups excluding carboxylic acids is 1. The van der Waals surface area contributed by atoms with Crippen LogP contribution in [-0.4, -0.2) is 49.2 Å². The lowest BCUT2D eigenvalue weighted by Crippen LogP contribution is -2.51. The molecule has 0 radical (unpaired) electrons. The maximum Gasteiger partial charge on any atom is 0.324 e. The second-order valence-corrected chi connectivity index (χ2v) is 6.51. The van der Waals surface area contributed by atoms with E-state index in [1.165, 1.54) is 12.8 Å². The lowest BCUT2D eigenvalue weighted by molar-refractivity contribution is -0.146. The van der Waals surface area contributed by atoms with Crippen LogP contribution >= 0.6 is 0 Å². The molecule has 1 atom stereocenters. The van der Waals surface area contributed by atoms with E-state index in [1.807, 2.05) is 6.92 Å². The zero-order chi connectivity index (χ0) is 15.1. The average molecular weight is 284 g/mol. The van der Waals surface area contributed by atoms with E-state index in [9.17, 15) is 4.79 Å². The molecule has 1 unspecified atom stereocenters. The lowest BCUT2D eigenvalue weighted by atomic mass is 9.86. The minimum atomic E-state index is -0.203. The van der Waals surface area contributed by atoms with Crippen LogP contribution in [0.2, 0.25) is 0 Å². The Hall–Kier alpha value is -0.610. The summed E-state index contributed by atoms with van der Waals surface area (Å²) in [6, 6.07) is 0.0863. The van der Waals surface area contributed by atoms with E-state index in [1.54, 1.807) is 0 Å². The highest BCUT2D eigenvalue weighted by Gasteiger charge is 2.27. The summed E-state index contributed by atoms with van der Waals surface area (Å²) in [6.45, 7) is 14.0. The molecule has 0 aliphatic carbocycles. The van der Waals surface area contributed by atoms with E-state index >= 15 is 0 Å². The number of esters is 1. The van der Waals surface area contributed by atoms with Gasteiger partial charge < -0.3 is 15.0 Å². The van der Waals surface area contributed by atoms with Crippen LogP contribution in [0.25, 0.3) is 0 Å². The van der Waals surface area contributed by atoms with Crippen LogP contribution in [0.4, 0.5) is 0 Å². The average Bonchev–Trinajstić information content (AvgIpc) is 2.38. The summed E-state index contributed by atoms with van der Waals surface area (Å²) in [5, 5.41) is 3.33. The summed E-state index contributed by atoms with van der Waals surface area (Å²) in [6.07, 6.45) is 2.49. The van der Waals surface area contributed by atoms with Gasteiger partial charge in [-0.2, -0.15) is 0 Å². The molecule has 0 aromatic heterocycles. The number of rotatable bonds is 7. The third-order valence-corrected chi connectivity index (χ3v) is 4.12. The predicted octanol–water partition coefficient (Wildman–Crippen LogP) is 2.28. The van der Waals surface area contributed by atoms with E-state index < -0.39 is 0 Å². The number of piperidine rings is 1. The standard InChI is InChI=1S/C16H32N2O2/c1-6-20-16(19)15(17-13(4)5)11-18-9-7-14(8-10-18)12(2)3/h12-15,17H,6-11H2,1-5H3. The quantitative estimate of drug-likeness (QED) is 0.728. The highest BCUT2D eigenvalue weighted by Crippen LogP contribution is 2.24. The van der Waals surface area contributed by atoms with Crippen molar-refractivity contribution in [2.75, 3.05) is 26.2 Å². The number of hydrogen-bond acceptors (Lipinski definition) is 4. The van der Waals surface area contributed by atoms with Crippen LogP contribution < -0.4 is 5.32 Å². The van der Waals surface area contributed by atoms with E-state index in [0.717, 1.165) is 31.5 Å². The fourth-order valence-electron chi connectivity index (χ4n) is 2.90. The van der Waals surface area contributed by atoms with Gasteiger partial charge in [0, 0.05) is 12.6 Å². The van der Waals surface area contributed by atoms with Gasteiger partial charge in [0.25, 0.3) is 0 Å². The first-order valence-corrected chi connectivity index (χ1v) is 8.09. The van der Waals surface area contributed by atoms with Crippen molar-refractivity contribution < 1.29 is 9.53 Å². The Morgan fingerprint density at radius 2 is 1.85 bits per heavy atom. The summed E-state index contributed by atoms with van der Waals surface area (Å²) in [5.41, 5.74) is 0. The van der Waals surface area contributed by atoms with Crippen LogP contribution in [0, 0.1) is 11.8 Å². The molecule has 0 aromatic rings. The molecule has 1 heterocycles. The normalized spacial score (nSPS) is 19.6. The van der Waals surface area contributed by atoms with Gasteiger partial charge in [-0.05, 0) is 44.7 Å². The van der Waals surface area contributed by atoms with Crippen molar-refractivity contribution in [2.24, 2.45) is 11.8 Å². The van der Waals surface area contributed by atoms with Crippen LogP contribution in [0.15, 0.2) is 0 Å². The largest absolute Gasteiger partial charge is 0.465 e. The first-order valence-electron chi connectivity index (χ1n) is 8.09. The maximum absolute atomic E-state index is 12.0. The van der Waals surface area contributed by atoms with Gasteiger partial charge in [0.15, 0.2) is 0 Å². The number of carbonyl (C=O) groups is 1. The molecule has 0 amide bonds. The molecule has 4 heteroatoms. The van der Waals surface area contributed by atoms with Gasteiger partial charge in [-0.15, -0.1) is 0 Å². The Bertz CT molecular complexity index is 284. The highest BCUT2D eigenvalue weighted by atomic mass is 16.5. The number of nitrogens with zero attached hydrogens (tertiary/aromatic N) is 1. The molecule has 20 heavy (non-hydrogen) atoms. The summed E-state index contributed by atoms with van der Waals surface area (Å²) >= 11 is 0. The van der Waals surface area contributed by atoms with Crippen LogP contribution in [0.3, 0.4) is 0 Å². The van der Waals surface area contributed by atoms with Crippen LogP contribution in [-0.2, 0) is 9.53 Å². The van der Waals surface area contributed by atoms with Crippen molar-refractivity contribution in [2.45, 2.75) is 59.5 Å². The molecular weight excluding hydrogens is 252 g/mol. The van der Waals surface area contributed by atoms with Crippen molar-refractivity contribution in [3.63, 3.8) is 0 Å². The Morgan fingerprint density at radius 1 is 1.25 bits per heavy atom. The van der Waals surface area contributed by atoms with Gasteiger partial charge in [-0.3, -0.25) is 4.79 Å². The molecule has 1 saturated heterocycles. The molecule has 1 N–H and O–H groups in total. The van der Waals surface area contributed by atoms with Gasteiger partial charge in [0.1, 0.15) is 6.04 Å². The summed E-state index contributed by atoms with van der Waals surface area (Å²) in [7, 11) is 0. The van der Waals surface area contributed by atoms with Crippen molar-refractivity contribution in [3.8, 4) is 0 Å². The zero-order valence-corrected chi connectivity index (χ0v) is 13.8. The van der Waals surface area contributed by atoms with E-state index in [0.29, 0.717) is 6.61 Å². The number of ether oxygens (including phenoxy) is 1. The molecule has 1 aliphatic rings. The van der Waals surface area contributed by atoms with Crippen LogP contribution in [0.5, 0.6) is 0 Å². The monoisotopic (exact) mass is 284 g/mol. The Morgan fingerprint density at radius 3 is 2.30 bits per heavy atom. The summed E-state index contributed by atoms with van der Waals surface area (Å²) in [4.78, 5) is 14.4. The fraction of sp³-hybridized carbons (Fsp3) is 0.938. The summed E-state index contributed by atoms with van der Waals surface area (Å²) < 4.78 is 5.18. The maximum atomic E-state index is 12.0. The zero-order valence-electron chi connectivity index (χ0n) is 13.8. The second kappa shape index (κ2) is 8.63. The van der Waals surface area contributed by atoms with E-state index in [-0.39, 0.29) is 18.1 Å². The van der Waals surface area contributed by atoms with E-state index in [2.05, 4.69) is 37.9 Å². The minimum Gasteiger partial charge on any atom is -0.465 e. The van der Waals surface area contributed by atoms with E-state index in [4.69, 9.17) is 4.74 Å². The van der Waals surface area contributed by atoms with Gasteiger partial charge in [0.2, 0.25) is 0 Å². The van der Waals surface area contributed by atoms with Crippen LogP contribution in [0.1, 0.15) is 47.5 Å². The van der Waals surface area contributed by atoms with Gasteiger partial charge >= 0.3 is 5.97 Å². The number of hydrogen-bond donors (Lipinski definition) is 1. The Kier molecular flexibility index (Phi) is 7.52. The Balaban J connectivity index is 2.47.